The summed E-state index contributed by atoms with van der Waals surface area (Å²) in [6.45, 7) is 10.7. The van der Waals surface area contributed by atoms with Crippen LogP contribution in [0.25, 0.3) is 0 Å². The van der Waals surface area contributed by atoms with Gasteiger partial charge in [0.15, 0.2) is 0 Å². The summed E-state index contributed by atoms with van der Waals surface area (Å²) in [5.41, 5.74) is 0. The van der Waals surface area contributed by atoms with Crippen LogP contribution in [0.5, 0.6) is 0 Å². The molecule has 0 aromatic heterocycles. The van der Waals surface area contributed by atoms with Crippen molar-refractivity contribution in [1.82, 2.24) is 14.9 Å². The van der Waals surface area contributed by atoms with Crippen molar-refractivity contribution in [1.29, 1.82) is 0 Å². The third kappa shape index (κ3) is 7.54. The van der Waals surface area contributed by atoms with E-state index in [-0.39, 0.29) is 11.9 Å². The lowest BCUT2D eigenvalue weighted by Gasteiger charge is -2.32. The minimum absolute atomic E-state index is 0.0349. The van der Waals surface area contributed by atoms with Crippen molar-refractivity contribution in [3.05, 3.63) is 0 Å². The van der Waals surface area contributed by atoms with Gasteiger partial charge in [-0.3, -0.25) is 4.90 Å². The van der Waals surface area contributed by atoms with Gasteiger partial charge in [-0.05, 0) is 19.5 Å². The SMILES string of the molecule is CCN1CCOC(CNS(=O)(=O)CCCNC(C)C)C1. The molecule has 20 heavy (non-hydrogen) atoms. The number of rotatable bonds is 9. The van der Waals surface area contributed by atoms with Gasteiger partial charge in [0.1, 0.15) is 0 Å². The summed E-state index contributed by atoms with van der Waals surface area (Å²) in [6.07, 6.45) is 0.590. The van der Waals surface area contributed by atoms with E-state index in [0.29, 0.717) is 25.6 Å². The highest BCUT2D eigenvalue weighted by molar-refractivity contribution is 7.89. The number of nitrogens with one attached hydrogen (secondary N) is 2. The monoisotopic (exact) mass is 307 g/mol. The zero-order chi connectivity index (χ0) is 15.0. The first-order valence-corrected chi connectivity index (χ1v) is 9.13. The van der Waals surface area contributed by atoms with E-state index in [0.717, 1.165) is 26.2 Å². The second-order valence-electron chi connectivity index (χ2n) is 5.52. The lowest BCUT2D eigenvalue weighted by molar-refractivity contribution is -0.0229. The van der Waals surface area contributed by atoms with Crippen molar-refractivity contribution in [3.8, 4) is 0 Å². The fraction of sp³-hybridized carbons (Fsp3) is 1.00. The van der Waals surface area contributed by atoms with Crippen LogP contribution in [0.1, 0.15) is 27.2 Å². The lowest BCUT2D eigenvalue weighted by Crippen LogP contribution is -2.47. The Kier molecular flexibility index (Phi) is 7.98. The zero-order valence-electron chi connectivity index (χ0n) is 12.9. The zero-order valence-corrected chi connectivity index (χ0v) is 13.7. The van der Waals surface area contributed by atoms with Crippen molar-refractivity contribution in [2.75, 3.05) is 45.1 Å². The number of hydrogen-bond donors (Lipinski definition) is 2. The van der Waals surface area contributed by atoms with E-state index >= 15 is 0 Å². The fourth-order valence-electron chi connectivity index (χ4n) is 2.14. The lowest BCUT2D eigenvalue weighted by atomic mass is 10.3. The van der Waals surface area contributed by atoms with Crippen molar-refractivity contribution in [3.63, 3.8) is 0 Å². The number of likely N-dealkylation sites (N-methyl/N-ethyl adjacent to an activating group) is 1. The molecule has 0 aromatic carbocycles. The molecule has 0 spiro atoms. The van der Waals surface area contributed by atoms with Crippen molar-refractivity contribution in [2.24, 2.45) is 0 Å². The first-order valence-electron chi connectivity index (χ1n) is 7.47. The second kappa shape index (κ2) is 8.94. The largest absolute Gasteiger partial charge is 0.374 e. The van der Waals surface area contributed by atoms with Crippen molar-refractivity contribution >= 4 is 10.0 Å². The van der Waals surface area contributed by atoms with Gasteiger partial charge in [0.05, 0.1) is 18.5 Å². The van der Waals surface area contributed by atoms with Crippen molar-refractivity contribution < 1.29 is 13.2 Å². The predicted octanol–water partition coefficient (Wildman–Crippen LogP) is 0.0146. The summed E-state index contributed by atoms with van der Waals surface area (Å²) in [7, 11) is -3.19. The van der Waals surface area contributed by atoms with E-state index in [9.17, 15) is 8.42 Å². The van der Waals surface area contributed by atoms with Crippen LogP contribution in [-0.4, -0.2) is 70.5 Å². The third-order valence-corrected chi connectivity index (χ3v) is 4.78. The van der Waals surface area contributed by atoms with Crippen molar-refractivity contribution in [2.45, 2.75) is 39.3 Å². The molecule has 120 valence electrons. The van der Waals surface area contributed by atoms with E-state index in [2.05, 4.69) is 21.9 Å². The first-order chi connectivity index (χ1) is 9.43. The number of nitrogens with zero attached hydrogens (tertiary/aromatic N) is 1. The molecule has 0 bridgehead atoms. The maximum absolute atomic E-state index is 11.9. The number of sulfonamides is 1. The molecular weight excluding hydrogens is 278 g/mol. The van der Waals surface area contributed by atoms with Gasteiger partial charge in [0.25, 0.3) is 0 Å². The Morgan fingerprint density at radius 3 is 2.80 bits per heavy atom. The van der Waals surface area contributed by atoms with Crippen LogP contribution < -0.4 is 10.0 Å². The minimum atomic E-state index is -3.19. The Balaban J connectivity index is 2.21. The Morgan fingerprint density at radius 2 is 2.15 bits per heavy atom. The molecule has 1 unspecified atom stereocenters. The maximum Gasteiger partial charge on any atom is 0.211 e. The topological polar surface area (TPSA) is 70.7 Å². The fourth-order valence-corrected chi connectivity index (χ4v) is 3.24. The van der Waals surface area contributed by atoms with Gasteiger partial charge in [-0.2, -0.15) is 0 Å². The van der Waals surface area contributed by atoms with E-state index in [4.69, 9.17) is 4.74 Å². The van der Waals surface area contributed by atoms with E-state index in [1.54, 1.807) is 0 Å². The summed E-state index contributed by atoms with van der Waals surface area (Å²) >= 11 is 0. The van der Waals surface area contributed by atoms with Crippen LogP contribution >= 0.6 is 0 Å². The summed E-state index contributed by atoms with van der Waals surface area (Å²) < 4.78 is 32.0. The van der Waals surface area contributed by atoms with Gasteiger partial charge in [-0.15, -0.1) is 0 Å². The molecule has 1 saturated heterocycles. The highest BCUT2D eigenvalue weighted by atomic mass is 32.2. The maximum atomic E-state index is 11.9. The number of hydrogen-bond acceptors (Lipinski definition) is 5. The summed E-state index contributed by atoms with van der Waals surface area (Å²) in [6, 6.07) is 0.390. The van der Waals surface area contributed by atoms with Gasteiger partial charge in [-0.1, -0.05) is 20.8 Å². The third-order valence-electron chi connectivity index (χ3n) is 3.34. The molecule has 1 fully saturated rings. The predicted molar refractivity (Wildman–Crippen MR) is 81.4 cm³/mol. The average molecular weight is 307 g/mol. The molecule has 1 aliphatic rings. The Morgan fingerprint density at radius 1 is 1.40 bits per heavy atom. The molecule has 7 heteroatoms. The van der Waals surface area contributed by atoms with Crippen LogP contribution in [0.15, 0.2) is 0 Å². The van der Waals surface area contributed by atoms with E-state index < -0.39 is 10.0 Å². The minimum Gasteiger partial charge on any atom is -0.374 e. The summed E-state index contributed by atoms with van der Waals surface area (Å²) in [5.74, 6) is 0.164. The van der Waals surface area contributed by atoms with Crippen LogP contribution in [0.2, 0.25) is 0 Å². The molecule has 1 atom stereocenters. The molecule has 0 radical (unpaired) electrons. The normalized spacial score (nSPS) is 21.5. The number of morpholine rings is 1. The standard InChI is InChI=1S/C13H29N3O3S/c1-4-16-7-8-19-13(11-16)10-15-20(17,18)9-5-6-14-12(2)3/h12-15H,4-11H2,1-3H3. The Bertz CT molecular complexity index is 360. The molecule has 0 aromatic rings. The smallest absolute Gasteiger partial charge is 0.211 e. The molecule has 0 amide bonds. The molecule has 2 N–H and O–H groups in total. The molecule has 1 rings (SSSR count). The van der Waals surface area contributed by atoms with Crippen LogP contribution in [-0.2, 0) is 14.8 Å². The van der Waals surface area contributed by atoms with Gasteiger partial charge in [0, 0.05) is 25.7 Å². The van der Waals surface area contributed by atoms with Gasteiger partial charge in [-0.25, -0.2) is 13.1 Å². The van der Waals surface area contributed by atoms with Crippen LogP contribution in [0.3, 0.4) is 0 Å². The molecule has 0 saturated carbocycles. The quantitative estimate of drug-likeness (QED) is 0.588. The highest BCUT2D eigenvalue weighted by Crippen LogP contribution is 2.04. The Labute approximate surface area is 123 Å². The number of ether oxygens (including phenoxy) is 1. The van der Waals surface area contributed by atoms with E-state index in [1.165, 1.54) is 0 Å². The molecular formula is C13H29N3O3S. The summed E-state index contributed by atoms with van der Waals surface area (Å²) in [5, 5.41) is 3.21. The van der Waals surface area contributed by atoms with Gasteiger partial charge >= 0.3 is 0 Å². The average Bonchev–Trinajstić information content (AvgIpc) is 2.42. The first kappa shape index (κ1) is 17.8. The van der Waals surface area contributed by atoms with Gasteiger partial charge in [0.2, 0.25) is 10.0 Å². The van der Waals surface area contributed by atoms with Crippen LogP contribution in [0, 0.1) is 0 Å². The van der Waals surface area contributed by atoms with Crippen LogP contribution in [0.4, 0.5) is 0 Å². The Hall–Kier alpha value is -0.210. The second-order valence-corrected chi connectivity index (χ2v) is 7.44. The summed E-state index contributed by atoms with van der Waals surface area (Å²) in [4.78, 5) is 2.27. The highest BCUT2D eigenvalue weighted by Gasteiger charge is 2.21. The molecule has 0 aliphatic carbocycles. The molecule has 1 heterocycles. The van der Waals surface area contributed by atoms with E-state index in [1.807, 2.05) is 13.8 Å². The van der Waals surface area contributed by atoms with Gasteiger partial charge < -0.3 is 10.1 Å². The molecule has 6 nitrogen and oxygen atoms in total. The molecule has 1 aliphatic heterocycles.